The quantitative estimate of drug-likeness (QED) is 0.340. The molecule has 0 bridgehead atoms. The molecule has 0 aliphatic heterocycles. The Morgan fingerprint density at radius 2 is 0.655 bits per heavy atom. The molecule has 0 aromatic heterocycles. The van der Waals surface area contributed by atoms with E-state index in [9.17, 15) is 0 Å². The maximum absolute atomic E-state index is 6.44. The van der Waals surface area contributed by atoms with Gasteiger partial charge in [-0.05, 0) is 24.3 Å². The third-order valence-electron chi connectivity index (χ3n) is 5.39. The minimum atomic E-state index is -1.63. The fourth-order valence-corrected chi connectivity index (χ4v) is 5.05. The normalized spacial score (nSPS) is 11.4. The van der Waals surface area contributed by atoms with E-state index in [1.165, 1.54) is 0 Å². The van der Waals surface area contributed by atoms with E-state index in [-0.39, 0.29) is 1.43 Å². The Morgan fingerprint density at radius 3 is 0.862 bits per heavy atom. The molecule has 0 atom stereocenters. The summed E-state index contributed by atoms with van der Waals surface area (Å²) in [5, 5.41) is 2.67. The van der Waals surface area contributed by atoms with Crippen LogP contribution < -0.4 is 21.9 Å². The minimum absolute atomic E-state index is 0. The van der Waals surface area contributed by atoms with Crippen LogP contribution in [-0.2, 0) is 0 Å². The number of rotatable bonds is 4. The monoisotopic (exact) mass is 456 g/mol. The molecule has 5 heteroatoms. The molecule has 0 heterocycles. The second-order valence-electron chi connectivity index (χ2n) is 7.09. The molecule has 4 aromatic rings. The Morgan fingerprint density at radius 1 is 0.414 bits per heavy atom. The average Bonchev–Trinajstić information content (AvgIpc) is 2.69. The highest BCUT2D eigenvalue weighted by Gasteiger charge is 2.32. The van der Waals surface area contributed by atoms with E-state index >= 15 is 0 Å². The van der Waals surface area contributed by atoms with Crippen molar-refractivity contribution >= 4 is 74.4 Å². The Balaban J connectivity index is 0.00000256. The smallest absolute Gasteiger partial charge is 0.194 e. The van der Waals surface area contributed by atoms with Gasteiger partial charge in [0.15, 0.2) is 0 Å². The zero-order valence-electron chi connectivity index (χ0n) is 16.3. The highest BCUT2D eigenvalue weighted by Crippen LogP contribution is 2.18. The molecule has 0 saturated carbocycles. The van der Waals surface area contributed by atoms with Crippen molar-refractivity contribution < 1.29 is 1.43 Å². The van der Waals surface area contributed by atoms with Gasteiger partial charge >= 0.3 is 1.43 Å². The van der Waals surface area contributed by atoms with E-state index in [0.29, 0.717) is 20.1 Å². The van der Waals surface area contributed by atoms with Crippen LogP contribution in [0.5, 0.6) is 0 Å². The molecule has 0 unspecified atom stereocenters. The lowest BCUT2D eigenvalue weighted by molar-refractivity contribution is 1.66. The van der Waals surface area contributed by atoms with Crippen LogP contribution >= 0.6 is 46.4 Å². The zero-order valence-corrected chi connectivity index (χ0v) is 18.4. The van der Waals surface area contributed by atoms with Gasteiger partial charge in [0.1, 0.15) is 6.15 Å². The Kier molecular flexibility index (Phi) is 5.94. The van der Waals surface area contributed by atoms with Crippen molar-refractivity contribution in [2.75, 3.05) is 0 Å². The van der Waals surface area contributed by atoms with Gasteiger partial charge in [0.25, 0.3) is 0 Å². The third-order valence-corrected chi connectivity index (χ3v) is 6.34. The molecular weight excluding hydrogens is 441 g/mol. The molecule has 0 fully saturated rings. The first-order valence-corrected chi connectivity index (χ1v) is 10.7. The maximum atomic E-state index is 6.44. The summed E-state index contributed by atoms with van der Waals surface area (Å²) < 4.78 is 0. The van der Waals surface area contributed by atoms with Crippen molar-refractivity contribution in [2.45, 2.75) is 0 Å². The summed E-state index contributed by atoms with van der Waals surface area (Å²) in [6, 6.07) is 31.7. The van der Waals surface area contributed by atoms with Crippen LogP contribution in [0, 0.1) is 0 Å². The van der Waals surface area contributed by atoms with Crippen LogP contribution in [0.2, 0.25) is 20.1 Å². The number of benzene rings is 4. The first-order valence-electron chi connectivity index (χ1n) is 9.20. The number of hydrogen-bond donors (Lipinski definition) is 0. The molecule has 0 radical (unpaired) electrons. The van der Waals surface area contributed by atoms with Crippen LogP contribution in [0.4, 0.5) is 0 Å². The van der Waals surface area contributed by atoms with E-state index < -0.39 is 6.15 Å². The molecule has 4 aromatic carbocycles. The second kappa shape index (κ2) is 8.46. The highest BCUT2D eigenvalue weighted by molar-refractivity contribution is 7.20. The first kappa shape index (κ1) is 20.4. The van der Waals surface area contributed by atoms with Crippen molar-refractivity contribution in [3.8, 4) is 0 Å². The van der Waals surface area contributed by atoms with Gasteiger partial charge in [-0.15, -0.1) is 0 Å². The van der Waals surface area contributed by atoms with Gasteiger partial charge in [-0.25, -0.2) is 0 Å². The van der Waals surface area contributed by atoms with Gasteiger partial charge in [0.05, 0.1) is 0 Å². The Bertz CT molecular complexity index is 991. The molecule has 29 heavy (non-hydrogen) atoms. The summed E-state index contributed by atoms with van der Waals surface area (Å²) in [6.45, 7) is 0. The molecule has 0 aliphatic carbocycles. The molecule has 0 spiro atoms. The summed E-state index contributed by atoms with van der Waals surface area (Å²) in [6.07, 6.45) is -1.63. The zero-order chi connectivity index (χ0) is 20.4. The Hall–Kier alpha value is -1.90. The van der Waals surface area contributed by atoms with Crippen LogP contribution in [0.3, 0.4) is 0 Å². The van der Waals surface area contributed by atoms with Gasteiger partial charge in [-0.2, -0.15) is 21.9 Å². The Labute approximate surface area is 192 Å². The van der Waals surface area contributed by atoms with Crippen molar-refractivity contribution in [3.05, 3.63) is 117 Å². The van der Waals surface area contributed by atoms with Gasteiger partial charge in [0, 0.05) is 20.1 Å². The topological polar surface area (TPSA) is 0 Å². The average molecular weight is 458 g/mol. The lowest BCUT2D eigenvalue weighted by atomic mass is 9.13. The molecule has 4 rings (SSSR count). The van der Waals surface area contributed by atoms with Crippen LogP contribution in [0.1, 0.15) is 1.43 Å². The lowest BCUT2D eigenvalue weighted by Crippen LogP contribution is -2.74. The lowest BCUT2D eigenvalue weighted by Gasteiger charge is -2.44. The van der Waals surface area contributed by atoms with Gasteiger partial charge in [-0.3, -0.25) is 0 Å². The number of halogens is 4. The van der Waals surface area contributed by atoms with Crippen molar-refractivity contribution in [1.82, 2.24) is 0 Å². The largest absolute Gasteiger partial charge is 1.00 e. The van der Waals surface area contributed by atoms with Gasteiger partial charge in [-0.1, -0.05) is 119 Å². The van der Waals surface area contributed by atoms with Gasteiger partial charge in [0.2, 0.25) is 0 Å². The fraction of sp³-hybridized carbons (Fsp3) is 0. The number of hydrogen-bond acceptors (Lipinski definition) is 0. The SMILES string of the molecule is Clc1cccc([B-](c2cccc(Cl)c2)(c2cccc(Cl)c2)c2cccc(Cl)c2)c1.[H+]. The van der Waals surface area contributed by atoms with E-state index in [2.05, 4.69) is 24.3 Å². The van der Waals surface area contributed by atoms with E-state index in [1.807, 2.05) is 72.8 Å². The molecular formula is C24H17BCl4. The van der Waals surface area contributed by atoms with Crippen LogP contribution in [0.15, 0.2) is 97.1 Å². The van der Waals surface area contributed by atoms with Gasteiger partial charge < -0.3 is 0 Å². The van der Waals surface area contributed by atoms with Crippen molar-refractivity contribution in [1.29, 1.82) is 0 Å². The summed E-state index contributed by atoms with van der Waals surface area (Å²) in [4.78, 5) is 0. The fourth-order valence-electron chi connectivity index (χ4n) is 4.26. The van der Waals surface area contributed by atoms with Crippen LogP contribution in [-0.4, -0.2) is 6.15 Å². The molecule has 0 aliphatic rings. The highest BCUT2D eigenvalue weighted by atomic mass is 35.5. The molecule has 0 nitrogen and oxygen atoms in total. The van der Waals surface area contributed by atoms with Crippen molar-refractivity contribution in [3.63, 3.8) is 0 Å². The van der Waals surface area contributed by atoms with E-state index in [0.717, 1.165) is 21.9 Å². The van der Waals surface area contributed by atoms with Crippen molar-refractivity contribution in [2.24, 2.45) is 0 Å². The van der Waals surface area contributed by atoms with Crippen LogP contribution in [0.25, 0.3) is 0 Å². The summed E-state index contributed by atoms with van der Waals surface area (Å²) in [5.74, 6) is 0. The summed E-state index contributed by atoms with van der Waals surface area (Å²) in [7, 11) is 0. The third kappa shape index (κ3) is 3.93. The second-order valence-corrected chi connectivity index (χ2v) is 8.83. The first-order chi connectivity index (χ1) is 14.0. The van der Waals surface area contributed by atoms with E-state index in [1.54, 1.807) is 0 Å². The maximum Gasteiger partial charge on any atom is 1.00 e. The predicted octanol–water partition coefficient (Wildman–Crippen LogP) is 5.79. The summed E-state index contributed by atoms with van der Waals surface area (Å²) in [5.41, 5.74) is 4.24. The predicted molar refractivity (Wildman–Crippen MR) is 131 cm³/mol. The standard InChI is InChI=1S/C24H16BCl4/c26-21-9-1-5-17(13-21)25(18-6-2-10-22(27)14-18,19-7-3-11-23(28)15-19)20-8-4-12-24(29)16-20/h1-16H/q-1/p+1. The minimum Gasteiger partial charge on any atom is -0.194 e. The molecule has 144 valence electrons. The molecule has 0 saturated heterocycles. The van der Waals surface area contributed by atoms with E-state index in [4.69, 9.17) is 46.4 Å². The summed E-state index contributed by atoms with van der Waals surface area (Å²) >= 11 is 25.8. The molecule has 0 N–H and O–H groups in total. The molecule has 0 amide bonds.